The minimum Gasteiger partial charge on any atom is -0.492 e. The van der Waals surface area contributed by atoms with Crippen LogP contribution in [0.5, 0.6) is 5.75 Å². The fraction of sp³-hybridized carbons (Fsp3) is 0.417. The minimum absolute atomic E-state index is 0.0970. The van der Waals surface area contributed by atoms with Crippen LogP contribution in [0.3, 0.4) is 0 Å². The fourth-order valence-electron chi connectivity index (χ4n) is 1.42. The van der Waals surface area contributed by atoms with Crippen LogP contribution in [0.15, 0.2) is 17.0 Å². The van der Waals surface area contributed by atoms with E-state index in [4.69, 9.17) is 9.88 Å². The largest absolute Gasteiger partial charge is 0.492 e. The van der Waals surface area contributed by atoms with E-state index in [1.807, 2.05) is 13.8 Å². The first kappa shape index (κ1) is 16.4. The number of ether oxygens (including phenoxy) is 2. The number of rotatable bonds is 5. The van der Waals surface area contributed by atoms with Gasteiger partial charge in [-0.15, -0.1) is 0 Å². The normalized spacial score (nSPS) is 11.5. The number of primary sulfonamides is 1. The molecule has 0 fully saturated rings. The number of carbonyl (C=O) groups is 1. The number of nitrogens with two attached hydrogens (primary N) is 1. The van der Waals surface area contributed by atoms with Gasteiger partial charge in [-0.3, -0.25) is 0 Å². The van der Waals surface area contributed by atoms with Gasteiger partial charge in [0.1, 0.15) is 4.90 Å². The second-order valence-electron chi connectivity index (χ2n) is 4.53. The lowest BCUT2D eigenvalue weighted by Gasteiger charge is -2.11. The Morgan fingerprint density at radius 2 is 2.00 bits per heavy atom. The molecular weight excluding hydrogens is 289 g/mol. The van der Waals surface area contributed by atoms with Crippen molar-refractivity contribution in [2.24, 2.45) is 11.1 Å². The Morgan fingerprint density at radius 3 is 2.45 bits per heavy atom. The van der Waals surface area contributed by atoms with Crippen LogP contribution < -0.4 is 9.88 Å². The van der Waals surface area contributed by atoms with E-state index in [2.05, 4.69) is 4.74 Å². The highest BCUT2D eigenvalue weighted by Gasteiger charge is 2.23. The summed E-state index contributed by atoms with van der Waals surface area (Å²) in [7, 11) is -3.13. The molecule has 1 aromatic carbocycles. The highest BCUT2D eigenvalue weighted by Crippen LogP contribution is 2.28. The molecule has 0 heterocycles. The van der Waals surface area contributed by atoms with Crippen LogP contribution in [0.2, 0.25) is 0 Å². The minimum atomic E-state index is -4.23. The van der Waals surface area contributed by atoms with Crippen molar-refractivity contribution >= 4 is 16.0 Å². The quantitative estimate of drug-likeness (QED) is 0.827. The van der Waals surface area contributed by atoms with Crippen molar-refractivity contribution in [1.82, 2.24) is 0 Å². The summed E-state index contributed by atoms with van der Waals surface area (Å²) in [6.45, 7) is 3.80. The van der Waals surface area contributed by atoms with Gasteiger partial charge in [0.2, 0.25) is 10.0 Å². The second kappa shape index (κ2) is 6.19. The molecule has 0 aliphatic rings. The first-order chi connectivity index (χ1) is 9.16. The molecule has 0 aromatic heterocycles. The number of hydrogen-bond donors (Lipinski definition) is 1. The van der Waals surface area contributed by atoms with Gasteiger partial charge in [0.15, 0.2) is 11.6 Å². The lowest BCUT2D eigenvalue weighted by Crippen LogP contribution is -2.17. The van der Waals surface area contributed by atoms with Gasteiger partial charge in [-0.05, 0) is 18.1 Å². The Bertz CT molecular complexity index is 613. The maximum absolute atomic E-state index is 13.7. The van der Waals surface area contributed by atoms with Crippen molar-refractivity contribution in [1.29, 1.82) is 0 Å². The van der Waals surface area contributed by atoms with Crippen LogP contribution in [-0.2, 0) is 14.8 Å². The van der Waals surface area contributed by atoms with Crippen LogP contribution in [0.4, 0.5) is 4.39 Å². The summed E-state index contributed by atoms with van der Waals surface area (Å²) in [5.74, 6) is -2.27. The number of methoxy groups -OCH3 is 1. The molecule has 20 heavy (non-hydrogen) atoms. The summed E-state index contributed by atoms with van der Waals surface area (Å²) in [6.07, 6.45) is 0. The van der Waals surface area contributed by atoms with Crippen LogP contribution in [0.25, 0.3) is 0 Å². The molecule has 0 saturated heterocycles. The van der Waals surface area contributed by atoms with Gasteiger partial charge in [-0.1, -0.05) is 13.8 Å². The third-order valence-electron chi connectivity index (χ3n) is 2.30. The highest BCUT2D eigenvalue weighted by atomic mass is 32.2. The van der Waals surface area contributed by atoms with E-state index in [1.165, 1.54) is 0 Å². The summed E-state index contributed by atoms with van der Waals surface area (Å²) in [5, 5.41) is 4.97. The van der Waals surface area contributed by atoms with Gasteiger partial charge < -0.3 is 9.47 Å². The molecule has 2 N–H and O–H groups in total. The number of benzene rings is 1. The SMILES string of the molecule is COc1c(F)cc(C(=O)OCC(C)C)cc1S(N)(=O)=O. The average Bonchev–Trinajstić information content (AvgIpc) is 2.33. The van der Waals surface area contributed by atoms with Gasteiger partial charge in [-0.25, -0.2) is 22.7 Å². The summed E-state index contributed by atoms with van der Waals surface area (Å²) >= 11 is 0. The smallest absolute Gasteiger partial charge is 0.338 e. The second-order valence-corrected chi connectivity index (χ2v) is 6.06. The molecule has 0 unspecified atom stereocenters. The van der Waals surface area contributed by atoms with Crippen molar-refractivity contribution in [2.75, 3.05) is 13.7 Å². The van der Waals surface area contributed by atoms with E-state index >= 15 is 0 Å². The van der Waals surface area contributed by atoms with E-state index in [1.54, 1.807) is 0 Å². The first-order valence-electron chi connectivity index (χ1n) is 5.74. The molecule has 0 aliphatic carbocycles. The Kier molecular flexibility index (Phi) is 5.07. The van der Waals surface area contributed by atoms with Gasteiger partial charge in [-0.2, -0.15) is 0 Å². The maximum atomic E-state index is 13.7. The fourth-order valence-corrected chi connectivity index (χ4v) is 2.15. The van der Waals surface area contributed by atoms with Crippen LogP contribution in [0.1, 0.15) is 24.2 Å². The summed E-state index contributed by atoms with van der Waals surface area (Å²) < 4.78 is 46.1. The van der Waals surface area contributed by atoms with Crippen molar-refractivity contribution in [2.45, 2.75) is 18.7 Å². The Balaban J connectivity index is 3.25. The van der Waals surface area contributed by atoms with Gasteiger partial charge >= 0.3 is 5.97 Å². The molecule has 6 nitrogen and oxygen atoms in total. The van der Waals surface area contributed by atoms with E-state index in [-0.39, 0.29) is 18.1 Å². The number of carbonyl (C=O) groups excluding carboxylic acids is 1. The summed E-state index contributed by atoms with van der Waals surface area (Å²) in [4.78, 5) is 11.1. The molecular formula is C12H16FNO5S. The van der Waals surface area contributed by atoms with Crippen molar-refractivity contribution in [3.8, 4) is 5.75 Å². The maximum Gasteiger partial charge on any atom is 0.338 e. The Hall–Kier alpha value is -1.67. The zero-order valence-electron chi connectivity index (χ0n) is 11.3. The topological polar surface area (TPSA) is 95.7 Å². The molecule has 0 bridgehead atoms. The Morgan fingerprint density at radius 1 is 1.40 bits per heavy atom. The zero-order chi connectivity index (χ0) is 15.5. The molecule has 1 rings (SSSR count). The standard InChI is InChI=1S/C12H16FNO5S/c1-7(2)6-19-12(15)8-4-9(13)11(18-3)10(5-8)20(14,16)17/h4-5,7H,6H2,1-3H3,(H2,14,16,17). The van der Waals surface area contributed by atoms with E-state index in [0.29, 0.717) is 0 Å². The van der Waals surface area contributed by atoms with Gasteiger partial charge in [0.05, 0.1) is 19.3 Å². The van der Waals surface area contributed by atoms with Crippen molar-refractivity contribution < 1.29 is 27.1 Å². The van der Waals surface area contributed by atoms with E-state index in [9.17, 15) is 17.6 Å². The van der Waals surface area contributed by atoms with Crippen molar-refractivity contribution in [3.05, 3.63) is 23.5 Å². The van der Waals surface area contributed by atoms with Gasteiger partial charge in [0, 0.05) is 0 Å². The first-order valence-corrected chi connectivity index (χ1v) is 7.29. The van der Waals surface area contributed by atoms with Crippen LogP contribution in [-0.4, -0.2) is 28.1 Å². The molecule has 0 amide bonds. The molecule has 0 aliphatic heterocycles. The van der Waals surface area contributed by atoms with Gasteiger partial charge in [0.25, 0.3) is 0 Å². The number of sulfonamides is 1. The summed E-state index contributed by atoms with van der Waals surface area (Å²) in [6, 6.07) is 1.77. The molecule has 1 aromatic rings. The molecule has 112 valence electrons. The molecule has 0 atom stereocenters. The van der Waals surface area contributed by atoms with Crippen molar-refractivity contribution in [3.63, 3.8) is 0 Å². The van der Waals surface area contributed by atoms with Crippen LogP contribution in [0, 0.1) is 11.7 Å². The lowest BCUT2D eigenvalue weighted by atomic mass is 10.2. The lowest BCUT2D eigenvalue weighted by molar-refractivity contribution is 0.0458. The predicted molar refractivity (Wildman–Crippen MR) is 69.4 cm³/mol. The third kappa shape index (κ3) is 3.91. The highest BCUT2D eigenvalue weighted by molar-refractivity contribution is 7.89. The van der Waals surface area contributed by atoms with Crippen LogP contribution >= 0.6 is 0 Å². The van der Waals surface area contributed by atoms with E-state index < -0.39 is 32.5 Å². The molecule has 0 spiro atoms. The number of hydrogen-bond acceptors (Lipinski definition) is 5. The average molecular weight is 305 g/mol. The monoisotopic (exact) mass is 305 g/mol. The summed E-state index contributed by atoms with van der Waals surface area (Å²) in [5.41, 5.74) is -0.243. The Labute approximate surface area is 116 Å². The third-order valence-corrected chi connectivity index (χ3v) is 3.22. The molecule has 0 saturated carbocycles. The molecule has 8 heteroatoms. The number of halogens is 1. The number of esters is 1. The zero-order valence-corrected chi connectivity index (χ0v) is 12.2. The predicted octanol–water partition coefficient (Wildman–Crippen LogP) is 1.29. The van der Waals surface area contributed by atoms with E-state index in [0.717, 1.165) is 19.2 Å². The molecule has 0 radical (unpaired) electrons.